The summed E-state index contributed by atoms with van der Waals surface area (Å²) in [4.78, 5) is 11.5. The van der Waals surface area contributed by atoms with Crippen molar-refractivity contribution in [2.45, 2.75) is 45.1 Å². The molecule has 0 aromatic heterocycles. The molecule has 3 heteroatoms. The smallest absolute Gasteiger partial charge is 0.320 e. The lowest BCUT2D eigenvalue weighted by Gasteiger charge is -2.30. The molecule has 16 heavy (non-hydrogen) atoms. The number of carbonyl (C=O) groups is 1. The number of hydrogen-bond donors (Lipinski definition) is 1. The van der Waals surface area contributed by atoms with Gasteiger partial charge in [-0.1, -0.05) is 19.4 Å². The van der Waals surface area contributed by atoms with Gasteiger partial charge >= 0.3 is 5.97 Å². The van der Waals surface area contributed by atoms with Crippen LogP contribution < -0.4 is 5.32 Å². The van der Waals surface area contributed by atoms with E-state index >= 15 is 0 Å². The van der Waals surface area contributed by atoms with Crippen LogP contribution in [0.15, 0.2) is 12.7 Å². The van der Waals surface area contributed by atoms with E-state index in [1.165, 1.54) is 19.3 Å². The van der Waals surface area contributed by atoms with Crippen molar-refractivity contribution in [1.82, 2.24) is 5.32 Å². The number of hydrogen-bond acceptors (Lipinski definition) is 3. The van der Waals surface area contributed by atoms with Gasteiger partial charge in [0.25, 0.3) is 0 Å². The maximum absolute atomic E-state index is 11.5. The van der Waals surface area contributed by atoms with E-state index in [-0.39, 0.29) is 12.1 Å². The molecule has 2 unspecified atom stereocenters. The van der Waals surface area contributed by atoms with E-state index in [1.54, 1.807) is 6.08 Å². The Bertz CT molecular complexity index is 228. The molecule has 0 radical (unpaired) electrons. The molecule has 0 aromatic carbocycles. The number of esters is 1. The van der Waals surface area contributed by atoms with Crippen molar-refractivity contribution in [3.8, 4) is 0 Å². The van der Waals surface area contributed by atoms with Crippen LogP contribution in [0.2, 0.25) is 0 Å². The van der Waals surface area contributed by atoms with Gasteiger partial charge in [0.05, 0.1) is 6.54 Å². The zero-order chi connectivity index (χ0) is 11.8. The van der Waals surface area contributed by atoms with Crippen molar-refractivity contribution in [2.24, 2.45) is 5.92 Å². The Morgan fingerprint density at radius 3 is 2.94 bits per heavy atom. The first-order chi connectivity index (χ1) is 7.77. The fraction of sp³-hybridized carbons (Fsp3) is 0.769. The number of carbonyl (C=O) groups excluding carboxylic acids is 1. The van der Waals surface area contributed by atoms with E-state index in [9.17, 15) is 4.79 Å². The average molecular weight is 225 g/mol. The first-order valence-electron chi connectivity index (χ1n) is 6.29. The van der Waals surface area contributed by atoms with Gasteiger partial charge in [0.15, 0.2) is 0 Å². The molecule has 1 aliphatic rings. The van der Waals surface area contributed by atoms with Crippen LogP contribution in [-0.4, -0.2) is 25.2 Å². The third kappa shape index (κ3) is 4.35. The number of ether oxygens (including phenoxy) is 1. The van der Waals surface area contributed by atoms with Crippen molar-refractivity contribution >= 4 is 5.97 Å². The van der Waals surface area contributed by atoms with Crippen LogP contribution in [0.3, 0.4) is 0 Å². The minimum Gasteiger partial charge on any atom is -0.461 e. The van der Waals surface area contributed by atoms with Gasteiger partial charge < -0.3 is 10.1 Å². The standard InChI is InChI=1S/C13H23NO2/c1-3-9-14-10-13(15)16-12-8-6-5-7-11(12)4-2/h3,11-12,14H,1,4-10H2,2H3. The van der Waals surface area contributed by atoms with E-state index in [2.05, 4.69) is 18.8 Å². The molecular weight excluding hydrogens is 202 g/mol. The lowest BCUT2D eigenvalue weighted by molar-refractivity contribution is -0.152. The topological polar surface area (TPSA) is 38.3 Å². The van der Waals surface area contributed by atoms with Gasteiger partial charge in [0.2, 0.25) is 0 Å². The second-order valence-corrected chi connectivity index (χ2v) is 4.40. The van der Waals surface area contributed by atoms with Crippen LogP contribution in [0.1, 0.15) is 39.0 Å². The molecule has 1 saturated carbocycles. The predicted molar refractivity (Wildman–Crippen MR) is 65.2 cm³/mol. The number of rotatable bonds is 6. The minimum absolute atomic E-state index is 0.132. The molecule has 1 fully saturated rings. The first-order valence-corrected chi connectivity index (χ1v) is 6.29. The molecule has 0 amide bonds. The third-order valence-corrected chi connectivity index (χ3v) is 3.20. The Hall–Kier alpha value is -0.830. The Kier molecular flexibility index (Phi) is 6.16. The summed E-state index contributed by atoms with van der Waals surface area (Å²) in [7, 11) is 0. The lowest BCUT2D eigenvalue weighted by atomic mass is 9.85. The summed E-state index contributed by atoms with van der Waals surface area (Å²) in [6.07, 6.45) is 7.70. The highest BCUT2D eigenvalue weighted by Crippen LogP contribution is 2.29. The molecule has 3 nitrogen and oxygen atoms in total. The molecule has 0 heterocycles. The second kappa shape index (κ2) is 7.44. The van der Waals surface area contributed by atoms with Crippen LogP contribution in [0.4, 0.5) is 0 Å². The van der Waals surface area contributed by atoms with Gasteiger partial charge in [0, 0.05) is 6.54 Å². The second-order valence-electron chi connectivity index (χ2n) is 4.40. The zero-order valence-corrected chi connectivity index (χ0v) is 10.2. The Morgan fingerprint density at radius 2 is 2.25 bits per heavy atom. The van der Waals surface area contributed by atoms with Gasteiger partial charge in [0.1, 0.15) is 6.10 Å². The van der Waals surface area contributed by atoms with Crippen LogP contribution in [0.25, 0.3) is 0 Å². The molecule has 2 atom stereocenters. The van der Waals surface area contributed by atoms with Crippen molar-refractivity contribution in [3.63, 3.8) is 0 Å². The summed E-state index contributed by atoms with van der Waals surface area (Å²) < 4.78 is 5.51. The van der Waals surface area contributed by atoms with Crippen molar-refractivity contribution < 1.29 is 9.53 Å². The Labute approximate surface area is 98.2 Å². The van der Waals surface area contributed by atoms with Gasteiger partial charge in [-0.3, -0.25) is 4.79 Å². The summed E-state index contributed by atoms with van der Waals surface area (Å²) in [5.41, 5.74) is 0. The normalized spacial score (nSPS) is 25.1. The highest BCUT2D eigenvalue weighted by atomic mass is 16.5. The maximum atomic E-state index is 11.5. The van der Waals surface area contributed by atoms with Crippen molar-refractivity contribution in [2.75, 3.05) is 13.1 Å². The van der Waals surface area contributed by atoms with Gasteiger partial charge in [-0.05, 0) is 31.6 Å². The molecule has 1 aliphatic carbocycles. The Morgan fingerprint density at radius 1 is 1.50 bits per heavy atom. The monoisotopic (exact) mass is 225 g/mol. The van der Waals surface area contributed by atoms with Crippen molar-refractivity contribution in [3.05, 3.63) is 12.7 Å². The number of nitrogens with one attached hydrogen (secondary N) is 1. The summed E-state index contributed by atoms with van der Waals surface area (Å²) >= 11 is 0. The van der Waals surface area contributed by atoms with E-state index < -0.39 is 0 Å². The highest BCUT2D eigenvalue weighted by Gasteiger charge is 2.26. The maximum Gasteiger partial charge on any atom is 0.320 e. The summed E-state index contributed by atoms with van der Waals surface area (Å²) in [6, 6.07) is 0. The Balaban J connectivity index is 2.27. The largest absolute Gasteiger partial charge is 0.461 e. The average Bonchev–Trinajstić information content (AvgIpc) is 2.30. The zero-order valence-electron chi connectivity index (χ0n) is 10.2. The molecule has 1 rings (SSSR count). The van der Waals surface area contributed by atoms with E-state index in [0.717, 1.165) is 12.8 Å². The molecular formula is C13H23NO2. The van der Waals surface area contributed by atoms with Gasteiger partial charge in [-0.15, -0.1) is 6.58 Å². The minimum atomic E-state index is -0.132. The fourth-order valence-corrected chi connectivity index (χ4v) is 2.28. The van der Waals surface area contributed by atoms with Crippen molar-refractivity contribution in [1.29, 1.82) is 0 Å². The lowest BCUT2D eigenvalue weighted by Crippen LogP contribution is -2.33. The highest BCUT2D eigenvalue weighted by molar-refractivity contribution is 5.71. The van der Waals surface area contributed by atoms with Crippen LogP contribution in [0.5, 0.6) is 0 Å². The third-order valence-electron chi connectivity index (χ3n) is 3.20. The van der Waals surface area contributed by atoms with Crippen LogP contribution in [-0.2, 0) is 9.53 Å². The van der Waals surface area contributed by atoms with Crippen LogP contribution >= 0.6 is 0 Å². The quantitative estimate of drug-likeness (QED) is 0.428. The molecule has 0 aliphatic heterocycles. The molecule has 0 spiro atoms. The first kappa shape index (κ1) is 13.2. The van der Waals surface area contributed by atoms with E-state index in [1.807, 2.05) is 0 Å². The summed E-state index contributed by atoms with van der Waals surface area (Å²) in [5.74, 6) is 0.435. The molecule has 1 N–H and O–H groups in total. The molecule has 0 aromatic rings. The van der Waals surface area contributed by atoms with Crippen LogP contribution in [0, 0.1) is 5.92 Å². The molecule has 92 valence electrons. The van der Waals surface area contributed by atoms with Gasteiger partial charge in [-0.2, -0.15) is 0 Å². The predicted octanol–water partition coefficient (Wildman–Crippen LogP) is 2.27. The summed E-state index contributed by atoms with van der Waals surface area (Å²) in [6.45, 7) is 6.70. The van der Waals surface area contributed by atoms with E-state index in [0.29, 0.717) is 19.0 Å². The van der Waals surface area contributed by atoms with Gasteiger partial charge in [-0.25, -0.2) is 0 Å². The fourth-order valence-electron chi connectivity index (χ4n) is 2.28. The molecule has 0 bridgehead atoms. The van der Waals surface area contributed by atoms with E-state index in [4.69, 9.17) is 4.74 Å². The molecule has 0 saturated heterocycles. The summed E-state index contributed by atoms with van der Waals surface area (Å²) in [5, 5.41) is 2.96. The SMILES string of the molecule is C=CCNCC(=O)OC1CCCCC1CC.